The molecule has 0 fully saturated rings. The minimum Gasteiger partial charge on any atom is -0.348 e. The monoisotopic (exact) mass is 370 g/mol. The van der Waals surface area contributed by atoms with Crippen LogP contribution in [0.2, 0.25) is 5.02 Å². The molecule has 2 aromatic carbocycles. The molecule has 134 valence electrons. The molecular formula is C20H19ClN2O3. The lowest BCUT2D eigenvalue weighted by Crippen LogP contribution is -2.22. The summed E-state index contributed by atoms with van der Waals surface area (Å²) in [5.41, 5.74) is 2.17. The minimum absolute atomic E-state index is 0.0471. The van der Waals surface area contributed by atoms with Crippen molar-refractivity contribution in [2.45, 2.75) is 20.4 Å². The van der Waals surface area contributed by atoms with Gasteiger partial charge in [-0.2, -0.15) is 0 Å². The molecule has 0 spiro atoms. The number of carbonyl (C=O) groups is 3. The molecule has 0 saturated heterocycles. The van der Waals surface area contributed by atoms with Gasteiger partial charge in [-0.15, -0.1) is 0 Å². The number of nitrogens with one attached hydrogen (secondary N) is 2. The molecule has 0 saturated carbocycles. The van der Waals surface area contributed by atoms with Gasteiger partial charge in [0.1, 0.15) is 0 Å². The SMILES string of the molecule is CC(=O)c1ccc(NC(=O)/C(C)=C\C(=O)NCc2ccccc2Cl)cc1. The molecule has 0 aromatic heterocycles. The molecule has 6 heteroatoms. The molecule has 0 aliphatic rings. The van der Waals surface area contributed by atoms with E-state index in [1.54, 1.807) is 37.3 Å². The number of rotatable bonds is 6. The topological polar surface area (TPSA) is 75.3 Å². The third-order valence-electron chi connectivity index (χ3n) is 3.67. The van der Waals surface area contributed by atoms with Crippen LogP contribution in [0.3, 0.4) is 0 Å². The number of anilines is 1. The summed E-state index contributed by atoms with van der Waals surface area (Å²) in [5.74, 6) is -0.827. The van der Waals surface area contributed by atoms with Gasteiger partial charge in [-0.3, -0.25) is 14.4 Å². The lowest BCUT2D eigenvalue weighted by atomic mass is 10.1. The second kappa shape index (κ2) is 8.97. The van der Waals surface area contributed by atoms with Crippen LogP contribution in [0.15, 0.2) is 60.2 Å². The van der Waals surface area contributed by atoms with Crippen LogP contribution < -0.4 is 10.6 Å². The lowest BCUT2D eigenvalue weighted by molar-refractivity contribution is -0.117. The van der Waals surface area contributed by atoms with Gasteiger partial charge in [-0.05, 0) is 49.7 Å². The number of amides is 2. The quantitative estimate of drug-likeness (QED) is 0.600. The Hall–Kier alpha value is -2.92. The average molecular weight is 371 g/mol. The van der Waals surface area contributed by atoms with E-state index in [2.05, 4.69) is 10.6 Å². The fraction of sp³-hybridized carbons (Fsp3) is 0.150. The Bertz CT molecular complexity index is 858. The van der Waals surface area contributed by atoms with Crippen molar-refractivity contribution in [3.8, 4) is 0 Å². The molecule has 0 aliphatic carbocycles. The number of halogens is 1. The van der Waals surface area contributed by atoms with E-state index in [4.69, 9.17) is 11.6 Å². The first-order chi connectivity index (χ1) is 12.4. The Kier molecular flexibility index (Phi) is 6.69. The Morgan fingerprint density at radius 2 is 1.65 bits per heavy atom. The maximum atomic E-state index is 12.1. The van der Waals surface area contributed by atoms with Crippen LogP contribution in [0.1, 0.15) is 29.8 Å². The third kappa shape index (κ3) is 5.57. The van der Waals surface area contributed by atoms with Crippen LogP contribution in [-0.2, 0) is 16.1 Å². The van der Waals surface area contributed by atoms with Gasteiger partial charge in [0.05, 0.1) is 0 Å². The van der Waals surface area contributed by atoms with Crippen molar-refractivity contribution in [2.24, 2.45) is 0 Å². The van der Waals surface area contributed by atoms with E-state index in [9.17, 15) is 14.4 Å². The van der Waals surface area contributed by atoms with E-state index < -0.39 is 5.91 Å². The van der Waals surface area contributed by atoms with E-state index in [1.165, 1.54) is 13.0 Å². The number of ketones is 1. The van der Waals surface area contributed by atoms with Crippen molar-refractivity contribution in [3.63, 3.8) is 0 Å². The largest absolute Gasteiger partial charge is 0.348 e. The molecule has 2 aromatic rings. The fourth-order valence-electron chi connectivity index (χ4n) is 2.16. The summed E-state index contributed by atoms with van der Waals surface area (Å²) in [6, 6.07) is 13.7. The fourth-order valence-corrected chi connectivity index (χ4v) is 2.36. The predicted octanol–water partition coefficient (Wildman–Crippen LogP) is 3.74. The van der Waals surface area contributed by atoms with E-state index in [-0.39, 0.29) is 23.8 Å². The van der Waals surface area contributed by atoms with E-state index in [0.717, 1.165) is 5.56 Å². The first-order valence-electron chi connectivity index (χ1n) is 7.98. The van der Waals surface area contributed by atoms with Crippen molar-refractivity contribution < 1.29 is 14.4 Å². The molecule has 0 heterocycles. The molecule has 0 bridgehead atoms. The molecule has 0 aliphatic heterocycles. The molecule has 0 radical (unpaired) electrons. The summed E-state index contributed by atoms with van der Waals surface area (Å²) in [7, 11) is 0. The Morgan fingerprint density at radius 3 is 2.27 bits per heavy atom. The number of Topliss-reactive ketones (excluding diaryl/α,β-unsaturated/α-hetero) is 1. The van der Waals surface area contributed by atoms with Crippen LogP contribution in [0.5, 0.6) is 0 Å². The summed E-state index contributed by atoms with van der Waals surface area (Å²) < 4.78 is 0. The molecule has 2 rings (SSSR count). The maximum Gasteiger partial charge on any atom is 0.251 e. The number of benzene rings is 2. The van der Waals surface area contributed by atoms with Crippen molar-refractivity contribution >= 4 is 34.9 Å². The van der Waals surface area contributed by atoms with Gasteiger partial charge in [-0.1, -0.05) is 29.8 Å². The highest BCUT2D eigenvalue weighted by atomic mass is 35.5. The number of hydrogen-bond acceptors (Lipinski definition) is 3. The van der Waals surface area contributed by atoms with E-state index in [1.807, 2.05) is 18.2 Å². The van der Waals surface area contributed by atoms with Crippen molar-refractivity contribution in [2.75, 3.05) is 5.32 Å². The van der Waals surface area contributed by atoms with Crippen LogP contribution >= 0.6 is 11.6 Å². The van der Waals surface area contributed by atoms with Gasteiger partial charge in [0.15, 0.2) is 5.78 Å². The van der Waals surface area contributed by atoms with Gasteiger partial charge in [0.25, 0.3) is 5.91 Å². The van der Waals surface area contributed by atoms with Crippen LogP contribution in [0, 0.1) is 0 Å². The molecule has 0 unspecified atom stereocenters. The average Bonchev–Trinajstić information content (AvgIpc) is 2.61. The summed E-state index contributed by atoms with van der Waals surface area (Å²) in [6.45, 7) is 3.30. The Morgan fingerprint density at radius 1 is 1.00 bits per heavy atom. The first-order valence-corrected chi connectivity index (χ1v) is 8.36. The van der Waals surface area contributed by atoms with Crippen LogP contribution in [0.4, 0.5) is 5.69 Å². The summed E-state index contributed by atoms with van der Waals surface area (Å²) in [4.78, 5) is 35.4. The number of carbonyl (C=O) groups excluding carboxylic acids is 3. The zero-order valence-electron chi connectivity index (χ0n) is 14.5. The molecule has 2 amide bonds. The van der Waals surface area contributed by atoms with Crippen LogP contribution in [-0.4, -0.2) is 17.6 Å². The zero-order valence-corrected chi connectivity index (χ0v) is 15.3. The van der Waals surface area contributed by atoms with Crippen molar-refractivity contribution in [1.29, 1.82) is 0 Å². The molecule has 2 N–H and O–H groups in total. The zero-order chi connectivity index (χ0) is 19.1. The molecule has 0 atom stereocenters. The summed E-state index contributed by atoms with van der Waals surface area (Å²) in [6.07, 6.45) is 1.23. The summed E-state index contributed by atoms with van der Waals surface area (Å²) >= 11 is 6.03. The molecular weight excluding hydrogens is 352 g/mol. The van der Waals surface area contributed by atoms with Crippen molar-refractivity contribution in [3.05, 3.63) is 76.3 Å². The second-order valence-electron chi connectivity index (χ2n) is 5.72. The van der Waals surface area contributed by atoms with Gasteiger partial charge in [0.2, 0.25) is 5.91 Å². The third-order valence-corrected chi connectivity index (χ3v) is 4.03. The summed E-state index contributed by atoms with van der Waals surface area (Å²) in [5, 5.41) is 5.94. The standard InChI is InChI=1S/C20H19ClN2O3/c1-13(11-19(25)22-12-16-5-3-4-6-18(16)21)20(26)23-17-9-7-15(8-10-17)14(2)24/h3-11H,12H2,1-2H3,(H,22,25)(H,23,26)/b13-11-. The van der Waals surface area contributed by atoms with Gasteiger partial charge >= 0.3 is 0 Å². The molecule has 26 heavy (non-hydrogen) atoms. The highest BCUT2D eigenvalue weighted by Gasteiger charge is 2.08. The number of hydrogen-bond donors (Lipinski definition) is 2. The van der Waals surface area contributed by atoms with Crippen molar-refractivity contribution in [1.82, 2.24) is 5.32 Å². The minimum atomic E-state index is -0.395. The van der Waals surface area contributed by atoms with E-state index in [0.29, 0.717) is 16.3 Å². The smallest absolute Gasteiger partial charge is 0.251 e. The molecule has 5 nitrogen and oxygen atoms in total. The first kappa shape index (κ1) is 19.4. The maximum absolute atomic E-state index is 12.1. The predicted molar refractivity (Wildman–Crippen MR) is 102 cm³/mol. The van der Waals surface area contributed by atoms with Gasteiger partial charge < -0.3 is 10.6 Å². The van der Waals surface area contributed by atoms with Gasteiger partial charge in [-0.25, -0.2) is 0 Å². The second-order valence-corrected chi connectivity index (χ2v) is 6.13. The van der Waals surface area contributed by atoms with Gasteiger partial charge in [0, 0.05) is 34.5 Å². The Balaban J connectivity index is 1.92. The van der Waals surface area contributed by atoms with E-state index >= 15 is 0 Å². The lowest BCUT2D eigenvalue weighted by Gasteiger charge is -2.07. The highest BCUT2D eigenvalue weighted by Crippen LogP contribution is 2.14. The van der Waals surface area contributed by atoms with Crippen LogP contribution in [0.25, 0.3) is 0 Å². The highest BCUT2D eigenvalue weighted by molar-refractivity contribution is 6.31. The normalized spacial score (nSPS) is 11.0. The Labute approximate surface area is 157 Å².